The standard InChI is InChI=1S/C22H22N2O2/c1-17(2)24(16-18-8-7-13-23-15-18)22(25)19-9-6-12-21(14-19)26-20-10-4-3-5-11-20/h3-15,17H,16H2,1-2H3. The first-order valence-electron chi connectivity index (χ1n) is 8.66. The Hall–Kier alpha value is -3.14. The lowest BCUT2D eigenvalue weighted by molar-refractivity contribution is 0.0690. The van der Waals surface area contributed by atoms with Crippen molar-refractivity contribution in [1.29, 1.82) is 0 Å². The van der Waals surface area contributed by atoms with E-state index >= 15 is 0 Å². The lowest BCUT2D eigenvalue weighted by Crippen LogP contribution is -2.36. The van der Waals surface area contributed by atoms with Crippen LogP contribution in [0.25, 0.3) is 0 Å². The van der Waals surface area contributed by atoms with Crippen molar-refractivity contribution in [2.24, 2.45) is 0 Å². The molecule has 0 bridgehead atoms. The second-order valence-electron chi connectivity index (χ2n) is 6.33. The zero-order valence-electron chi connectivity index (χ0n) is 15.0. The summed E-state index contributed by atoms with van der Waals surface area (Å²) < 4.78 is 5.85. The molecule has 26 heavy (non-hydrogen) atoms. The van der Waals surface area contributed by atoms with Crippen LogP contribution in [-0.2, 0) is 6.54 Å². The van der Waals surface area contributed by atoms with Gasteiger partial charge < -0.3 is 9.64 Å². The van der Waals surface area contributed by atoms with Crippen LogP contribution in [0.2, 0.25) is 0 Å². The summed E-state index contributed by atoms with van der Waals surface area (Å²) in [4.78, 5) is 19.0. The maximum absolute atomic E-state index is 13.0. The second kappa shape index (κ2) is 8.30. The monoisotopic (exact) mass is 346 g/mol. The molecule has 0 atom stereocenters. The van der Waals surface area contributed by atoms with Crippen molar-refractivity contribution in [1.82, 2.24) is 9.88 Å². The fourth-order valence-electron chi connectivity index (χ4n) is 2.66. The van der Waals surface area contributed by atoms with Gasteiger partial charge in [0.1, 0.15) is 11.5 Å². The molecule has 0 aliphatic rings. The van der Waals surface area contributed by atoms with E-state index in [1.54, 1.807) is 18.5 Å². The summed E-state index contributed by atoms with van der Waals surface area (Å²) in [5.41, 5.74) is 1.61. The van der Waals surface area contributed by atoms with E-state index in [1.807, 2.05) is 79.4 Å². The van der Waals surface area contributed by atoms with E-state index < -0.39 is 0 Å². The summed E-state index contributed by atoms with van der Waals surface area (Å²) in [5.74, 6) is 1.36. The van der Waals surface area contributed by atoms with Crippen molar-refractivity contribution >= 4 is 5.91 Å². The van der Waals surface area contributed by atoms with E-state index in [2.05, 4.69) is 4.98 Å². The van der Waals surface area contributed by atoms with E-state index in [9.17, 15) is 4.79 Å². The number of ether oxygens (including phenoxy) is 1. The maximum Gasteiger partial charge on any atom is 0.254 e. The Morgan fingerprint density at radius 2 is 1.77 bits per heavy atom. The molecule has 132 valence electrons. The first kappa shape index (κ1) is 17.7. The number of carbonyl (C=O) groups excluding carboxylic acids is 1. The van der Waals surface area contributed by atoms with Crippen LogP contribution >= 0.6 is 0 Å². The van der Waals surface area contributed by atoms with Gasteiger partial charge in [0, 0.05) is 30.5 Å². The molecule has 0 N–H and O–H groups in total. The molecule has 4 heteroatoms. The van der Waals surface area contributed by atoms with E-state index in [0.29, 0.717) is 17.9 Å². The van der Waals surface area contributed by atoms with Gasteiger partial charge in [0.05, 0.1) is 0 Å². The summed E-state index contributed by atoms with van der Waals surface area (Å²) in [6.07, 6.45) is 3.52. The minimum absolute atomic E-state index is 0.0256. The molecular formula is C22H22N2O2. The highest BCUT2D eigenvalue weighted by molar-refractivity contribution is 5.94. The minimum Gasteiger partial charge on any atom is -0.457 e. The molecule has 0 saturated carbocycles. The number of benzene rings is 2. The van der Waals surface area contributed by atoms with Gasteiger partial charge in [-0.1, -0.05) is 30.3 Å². The Kier molecular flexibility index (Phi) is 5.64. The highest BCUT2D eigenvalue weighted by Gasteiger charge is 2.19. The van der Waals surface area contributed by atoms with Crippen molar-refractivity contribution in [2.75, 3.05) is 0 Å². The second-order valence-corrected chi connectivity index (χ2v) is 6.33. The number of carbonyl (C=O) groups is 1. The number of amides is 1. The molecule has 0 spiro atoms. The number of rotatable bonds is 6. The number of aromatic nitrogens is 1. The fraction of sp³-hybridized carbons (Fsp3) is 0.182. The van der Waals surface area contributed by atoms with Gasteiger partial charge in [-0.15, -0.1) is 0 Å². The molecule has 0 aliphatic heterocycles. The minimum atomic E-state index is -0.0256. The topological polar surface area (TPSA) is 42.4 Å². The van der Waals surface area contributed by atoms with Crippen LogP contribution in [0, 0.1) is 0 Å². The van der Waals surface area contributed by atoms with Gasteiger partial charge in [-0.05, 0) is 55.8 Å². The molecule has 0 unspecified atom stereocenters. The molecule has 3 rings (SSSR count). The Balaban J connectivity index is 1.79. The van der Waals surface area contributed by atoms with Crippen LogP contribution < -0.4 is 4.74 Å². The lowest BCUT2D eigenvalue weighted by atomic mass is 10.1. The normalized spacial score (nSPS) is 10.6. The Bertz CT molecular complexity index is 848. The molecule has 0 aliphatic carbocycles. The number of hydrogen-bond donors (Lipinski definition) is 0. The van der Waals surface area contributed by atoms with Crippen molar-refractivity contribution in [3.63, 3.8) is 0 Å². The maximum atomic E-state index is 13.0. The van der Waals surface area contributed by atoms with Gasteiger partial charge in [-0.3, -0.25) is 9.78 Å². The summed E-state index contributed by atoms with van der Waals surface area (Å²) in [6.45, 7) is 4.55. The van der Waals surface area contributed by atoms with Crippen LogP contribution in [0.1, 0.15) is 29.8 Å². The average Bonchev–Trinajstić information content (AvgIpc) is 2.67. The SMILES string of the molecule is CC(C)N(Cc1cccnc1)C(=O)c1cccc(Oc2ccccc2)c1. The molecule has 0 fully saturated rings. The molecule has 1 aromatic heterocycles. The third kappa shape index (κ3) is 4.48. The van der Waals surface area contributed by atoms with Crippen molar-refractivity contribution in [2.45, 2.75) is 26.4 Å². The average molecular weight is 346 g/mol. The molecule has 3 aromatic rings. The quantitative estimate of drug-likeness (QED) is 0.636. The van der Waals surface area contributed by atoms with Gasteiger partial charge in [0.2, 0.25) is 0 Å². The largest absolute Gasteiger partial charge is 0.457 e. The molecule has 0 saturated heterocycles. The molecule has 0 radical (unpaired) electrons. The highest BCUT2D eigenvalue weighted by atomic mass is 16.5. The van der Waals surface area contributed by atoms with Crippen molar-refractivity contribution in [3.8, 4) is 11.5 Å². The van der Waals surface area contributed by atoms with E-state index in [1.165, 1.54) is 0 Å². The number of pyridine rings is 1. The zero-order chi connectivity index (χ0) is 18.4. The molecule has 4 nitrogen and oxygen atoms in total. The number of hydrogen-bond acceptors (Lipinski definition) is 3. The molecule has 2 aromatic carbocycles. The first-order chi connectivity index (χ1) is 12.6. The van der Waals surface area contributed by atoms with Crippen LogP contribution in [0.15, 0.2) is 79.1 Å². The third-order valence-corrected chi connectivity index (χ3v) is 4.02. The number of nitrogens with zero attached hydrogens (tertiary/aromatic N) is 2. The molecule has 1 amide bonds. The molecule has 1 heterocycles. The zero-order valence-corrected chi connectivity index (χ0v) is 15.0. The highest BCUT2D eigenvalue weighted by Crippen LogP contribution is 2.23. The van der Waals surface area contributed by atoms with E-state index in [0.717, 1.165) is 11.3 Å². The summed E-state index contributed by atoms with van der Waals surface area (Å²) in [5, 5.41) is 0. The van der Waals surface area contributed by atoms with Gasteiger partial charge in [-0.2, -0.15) is 0 Å². The smallest absolute Gasteiger partial charge is 0.254 e. The summed E-state index contributed by atoms with van der Waals surface area (Å²) in [6, 6.07) is 20.8. The van der Waals surface area contributed by atoms with Crippen molar-refractivity contribution in [3.05, 3.63) is 90.3 Å². The Labute approximate surface area is 154 Å². The predicted octanol–water partition coefficient (Wildman–Crippen LogP) is 4.92. The van der Waals surface area contributed by atoms with Crippen molar-refractivity contribution < 1.29 is 9.53 Å². The third-order valence-electron chi connectivity index (χ3n) is 4.02. The lowest BCUT2D eigenvalue weighted by Gasteiger charge is -2.27. The number of para-hydroxylation sites is 1. The predicted molar refractivity (Wildman–Crippen MR) is 102 cm³/mol. The van der Waals surface area contributed by atoms with Crippen LogP contribution in [0.5, 0.6) is 11.5 Å². The fourth-order valence-corrected chi connectivity index (χ4v) is 2.66. The summed E-state index contributed by atoms with van der Waals surface area (Å²) in [7, 11) is 0. The Morgan fingerprint density at radius 1 is 1.00 bits per heavy atom. The molecular weight excluding hydrogens is 324 g/mol. The Morgan fingerprint density at radius 3 is 2.46 bits per heavy atom. The van der Waals surface area contributed by atoms with Gasteiger partial charge in [0.25, 0.3) is 5.91 Å². The van der Waals surface area contributed by atoms with Crippen LogP contribution in [0.4, 0.5) is 0 Å². The first-order valence-corrected chi connectivity index (χ1v) is 8.66. The van der Waals surface area contributed by atoms with Crippen LogP contribution in [0.3, 0.4) is 0 Å². The van der Waals surface area contributed by atoms with Gasteiger partial charge in [0.15, 0.2) is 0 Å². The van der Waals surface area contributed by atoms with E-state index in [-0.39, 0.29) is 11.9 Å². The van der Waals surface area contributed by atoms with Crippen LogP contribution in [-0.4, -0.2) is 21.8 Å². The summed E-state index contributed by atoms with van der Waals surface area (Å²) >= 11 is 0. The van der Waals surface area contributed by atoms with E-state index in [4.69, 9.17) is 4.74 Å². The van der Waals surface area contributed by atoms with Gasteiger partial charge in [-0.25, -0.2) is 0 Å². The van der Waals surface area contributed by atoms with Gasteiger partial charge >= 0.3 is 0 Å².